The number of urea groups is 1. The molecule has 2 fully saturated rings. The van der Waals surface area contributed by atoms with E-state index in [2.05, 4.69) is 5.32 Å². The van der Waals surface area contributed by atoms with Crippen molar-refractivity contribution in [2.24, 2.45) is 0 Å². The lowest BCUT2D eigenvalue weighted by atomic mass is 9.99. The SMILES string of the molecule is CCCN(C(=O)NCc1ccccc1)N1CC(=O)N2[C@@H](Cc3ccc(O)cc3)C(=O)N(Cc3ccc(F)cc3F)C[C@@H]21. The predicted octanol–water partition coefficient (Wildman–Crippen LogP) is 3.63. The van der Waals surface area contributed by atoms with Gasteiger partial charge in [0.05, 0.1) is 13.1 Å². The number of amides is 4. The van der Waals surface area contributed by atoms with Crippen molar-refractivity contribution < 1.29 is 28.3 Å². The van der Waals surface area contributed by atoms with Crippen LogP contribution < -0.4 is 5.32 Å². The van der Waals surface area contributed by atoms with E-state index >= 15 is 0 Å². The first kappa shape index (κ1) is 29.0. The number of fused-ring (bicyclic) bond motifs is 1. The first-order valence-electron chi connectivity index (χ1n) is 13.9. The van der Waals surface area contributed by atoms with Crippen molar-refractivity contribution in [1.29, 1.82) is 0 Å². The molecule has 0 radical (unpaired) electrons. The molecule has 2 saturated heterocycles. The molecule has 11 heteroatoms. The highest BCUT2D eigenvalue weighted by atomic mass is 19.1. The molecule has 0 aliphatic carbocycles. The molecule has 220 valence electrons. The van der Waals surface area contributed by atoms with Gasteiger partial charge in [-0.3, -0.25) is 14.6 Å². The molecule has 0 unspecified atom stereocenters. The molecule has 0 bridgehead atoms. The van der Waals surface area contributed by atoms with E-state index in [9.17, 15) is 28.3 Å². The number of hydrazine groups is 1. The maximum Gasteiger partial charge on any atom is 0.332 e. The van der Waals surface area contributed by atoms with Crippen molar-refractivity contribution >= 4 is 17.8 Å². The Kier molecular flexibility index (Phi) is 8.67. The van der Waals surface area contributed by atoms with Gasteiger partial charge < -0.3 is 20.2 Å². The van der Waals surface area contributed by atoms with E-state index in [1.54, 1.807) is 17.1 Å². The molecule has 2 atom stereocenters. The Hall–Kier alpha value is -4.51. The topological polar surface area (TPSA) is 96.4 Å². The van der Waals surface area contributed by atoms with Gasteiger partial charge in [-0.25, -0.2) is 13.6 Å². The minimum atomic E-state index is -0.926. The summed E-state index contributed by atoms with van der Waals surface area (Å²) in [7, 11) is 0. The van der Waals surface area contributed by atoms with Crippen LogP contribution in [-0.2, 0) is 29.1 Å². The number of carbonyl (C=O) groups is 3. The van der Waals surface area contributed by atoms with Crippen molar-refractivity contribution in [3.63, 3.8) is 0 Å². The molecule has 4 amide bonds. The van der Waals surface area contributed by atoms with Gasteiger partial charge in [-0.15, -0.1) is 0 Å². The van der Waals surface area contributed by atoms with Crippen LogP contribution in [0.25, 0.3) is 0 Å². The number of hydrogen-bond acceptors (Lipinski definition) is 5. The van der Waals surface area contributed by atoms with Crippen molar-refractivity contribution in [3.05, 3.63) is 101 Å². The number of rotatable bonds is 9. The van der Waals surface area contributed by atoms with Gasteiger partial charge in [0.1, 0.15) is 29.6 Å². The number of phenols is 1. The van der Waals surface area contributed by atoms with E-state index in [-0.39, 0.29) is 55.2 Å². The lowest BCUT2D eigenvalue weighted by Gasteiger charge is -2.46. The minimum Gasteiger partial charge on any atom is -0.508 e. The largest absolute Gasteiger partial charge is 0.508 e. The van der Waals surface area contributed by atoms with E-state index in [0.29, 0.717) is 19.5 Å². The van der Waals surface area contributed by atoms with Gasteiger partial charge in [0.2, 0.25) is 11.8 Å². The minimum absolute atomic E-state index is 0.0274. The summed E-state index contributed by atoms with van der Waals surface area (Å²) >= 11 is 0. The van der Waals surface area contributed by atoms with E-state index < -0.39 is 23.8 Å². The molecular formula is C31H33F2N5O4. The molecule has 3 aromatic carbocycles. The zero-order chi connectivity index (χ0) is 29.8. The number of piperazine rings is 1. The molecule has 0 spiro atoms. The number of nitrogens with one attached hydrogen (secondary N) is 1. The van der Waals surface area contributed by atoms with Gasteiger partial charge in [-0.2, -0.15) is 5.01 Å². The Labute approximate surface area is 242 Å². The van der Waals surface area contributed by atoms with Crippen LogP contribution in [0.15, 0.2) is 72.8 Å². The van der Waals surface area contributed by atoms with Crippen LogP contribution in [0.2, 0.25) is 0 Å². The lowest BCUT2D eigenvalue weighted by Crippen LogP contribution is -2.66. The summed E-state index contributed by atoms with van der Waals surface area (Å²) in [6.45, 7) is 2.35. The number of hydrogen-bond donors (Lipinski definition) is 2. The number of phenolic OH excluding ortho intramolecular Hbond substituents is 1. The van der Waals surface area contributed by atoms with Crippen LogP contribution in [-0.4, -0.2) is 74.6 Å². The Bertz CT molecular complexity index is 1440. The molecule has 5 rings (SSSR count). The van der Waals surface area contributed by atoms with Crippen LogP contribution >= 0.6 is 0 Å². The second-order valence-corrected chi connectivity index (χ2v) is 10.5. The normalized spacial score (nSPS) is 18.7. The molecular weight excluding hydrogens is 544 g/mol. The second-order valence-electron chi connectivity index (χ2n) is 10.5. The van der Waals surface area contributed by atoms with Crippen LogP contribution in [0, 0.1) is 11.6 Å². The van der Waals surface area contributed by atoms with Gasteiger partial charge in [-0.1, -0.05) is 55.5 Å². The van der Waals surface area contributed by atoms with E-state index in [1.807, 2.05) is 37.3 Å². The summed E-state index contributed by atoms with van der Waals surface area (Å²) in [5.41, 5.74) is 1.78. The number of carbonyl (C=O) groups excluding carboxylic acids is 3. The van der Waals surface area contributed by atoms with E-state index in [4.69, 9.17) is 0 Å². The van der Waals surface area contributed by atoms with Gasteiger partial charge in [0.15, 0.2) is 0 Å². The standard InChI is InChI=1S/C31H33F2N5O4/c1-2-14-36(31(42)34-17-22-6-4-3-5-7-22)37-20-29(40)38-27(15-21-8-12-25(39)13-9-21)30(41)35(19-28(37)38)18-23-10-11-24(32)16-26(23)33/h3-13,16,27-28,39H,2,14-15,17-20H2,1H3,(H,34,42)/t27-,28+/m0/s1. The van der Waals surface area contributed by atoms with Crippen molar-refractivity contribution in [2.75, 3.05) is 19.6 Å². The van der Waals surface area contributed by atoms with Crippen LogP contribution in [0.4, 0.5) is 13.6 Å². The molecule has 0 saturated carbocycles. The summed E-state index contributed by atoms with van der Waals surface area (Å²) < 4.78 is 28.2. The van der Waals surface area contributed by atoms with E-state index in [0.717, 1.165) is 23.3 Å². The van der Waals surface area contributed by atoms with Crippen molar-refractivity contribution in [1.82, 2.24) is 25.1 Å². The molecule has 9 nitrogen and oxygen atoms in total. The van der Waals surface area contributed by atoms with Crippen molar-refractivity contribution in [2.45, 2.75) is 45.1 Å². The average molecular weight is 578 g/mol. The fraction of sp³-hybridized carbons (Fsp3) is 0.323. The summed E-state index contributed by atoms with van der Waals surface area (Å²) in [5, 5.41) is 15.8. The van der Waals surface area contributed by atoms with Gasteiger partial charge in [0.25, 0.3) is 0 Å². The fourth-order valence-electron chi connectivity index (χ4n) is 5.52. The Morgan fingerprint density at radius 2 is 1.76 bits per heavy atom. The molecule has 3 aromatic rings. The number of aromatic hydroxyl groups is 1. The van der Waals surface area contributed by atoms with Gasteiger partial charge in [0, 0.05) is 37.7 Å². The molecule has 2 aliphatic rings. The van der Waals surface area contributed by atoms with Crippen LogP contribution in [0.5, 0.6) is 5.75 Å². The Morgan fingerprint density at radius 3 is 2.45 bits per heavy atom. The Morgan fingerprint density at radius 1 is 1.02 bits per heavy atom. The monoisotopic (exact) mass is 577 g/mol. The second kappa shape index (κ2) is 12.6. The Balaban J connectivity index is 1.44. The quantitative estimate of drug-likeness (QED) is 0.405. The van der Waals surface area contributed by atoms with Crippen LogP contribution in [0.1, 0.15) is 30.0 Å². The number of halogens is 2. The smallest absolute Gasteiger partial charge is 0.332 e. The maximum atomic E-state index is 14.6. The summed E-state index contributed by atoms with van der Waals surface area (Å²) in [4.78, 5) is 43.8. The summed E-state index contributed by atoms with van der Waals surface area (Å²) in [6.07, 6.45) is 0.0946. The molecule has 2 aliphatic heterocycles. The highest BCUT2D eigenvalue weighted by molar-refractivity contribution is 5.91. The highest BCUT2D eigenvalue weighted by Crippen LogP contribution is 2.31. The van der Waals surface area contributed by atoms with Gasteiger partial charge >= 0.3 is 6.03 Å². The first-order valence-corrected chi connectivity index (χ1v) is 13.9. The van der Waals surface area contributed by atoms with Crippen LogP contribution in [0.3, 0.4) is 0 Å². The average Bonchev–Trinajstić information content (AvgIpc) is 3.30. The third kappa shape index (κ3) is 6.20. The number of benzene rings is 3. The molecule has 0 aromatic heterocycles. The number of nitrogens with zero attached hydrogens (tertiary/aromatic N) is 4. The van der Waals surface area contributed by atoms with Gasteiger partial charge in [-0.05, 0) is 35.7 Å². The third-order valence-electron chi connectivity index (χ3n) is 7.57. The molecule has 2 N–H and O–H groups in total. The zero-order valence-electron chi connectivity index (χ0n) is 23.2. The molecule has 2 heterocycles. The molecule has 42 heavy (non-hydrogen) atoms. The van der Waals surface area contributed by atoms with E-state index in [1.165, 1.54) is 33.0 Å². The highest BCUT2D eigenvalue weighted by Gasteiger charge is 2.52. The first-order chi connectivity index (χ1) is 20.2. The summed E-state index contributed by atoms with van der Waals surface area (Å²) in [6, 6.07) is 17.7. The fourth-order valence-corrected chi connectivity index (χ4v) is 5.52. The lowest BCUT2D eigenvalue weighted by molar-refractivity contribution is -0.157. The van der Waals surface area contributed by atoms with Crippen molar-refractivity contribution in [3.8, 4) is 5.75 Å². The third-order valence-corrected chi connectivity index (χ3v) is 7.57. The summed E-state index contributed by atoms with van der Waals surface area (Å²) in [5.74, 6) is -2.11. The maximum absolute atomic E-state index is 14.6. The zero-order valence-corrected chi connectivity index (χ0v) is 23.2. The predicted molar refractivity (Wildman–Crippen MR) is 150 cm³/mol.